The molecular weight excluding hydrogens is 162 g/mol. The highest BCUT2D eigenvalue weighted by molar-refractivity contribution is 5.95. The van der Waals surface area contributed by atoms with Crippen molar-refractivity contribution in [3.05, 3.63) is 11.8 Å². The maximum Gasteiger partial charge on any atom is 0.160 e. The number of rotatable bonds is 1. The first-order chi connectivity index (χ1) is 6.20. The quantitative estimate of drug-likeness (QED) is 0.579. The predicted octanol–water partition coefficient (Wildman–Crippen LogP) is 2.36. The van der Waals surface area contributed by atoms with Crippen molar-refractivity contribution >= 4 is 5.78 Å². The molecule has 1 aliphatic carbocycles. The summed E-state index contributed by atoms with van der Waals surface area (Å²) in [6.45, 7) is 0. The molecule has 0 radical (unpaired) electrons. The lowest BCUT2D eigenvalue weighted by atomic mass is 9.96. The molecule has 13 heavy (non-hydrogen) atoms. The van der Waals surface area contributed by atoms with E-state index in [4.69, 9.17) is 0 Å². The van der Waals surface area contributed by atoms with Crippen LogP contribution in [-0.4, -0.2) is 24.8 Å². The molecule has 1 fully saturated rings. The lowest BCUT2D eigenvalue weighted by Crippen LogP contribution is -2.11. The third kappa shape index (κ3) is 3.62. The Labute approximate surface area is 80.6 Å². The summed E-state index contributed by atoms with van der Waals surface area (Å²) in [5.74, 6) is 0.355. The van der Waals surface area contributed by atoms with Crippen molar-refractivity contribution in [3.63, 3.8) is 0 Å². The zero-order chi connectivity index (χ0) is 9.68. The van der Waals surface area contributed by atoms with Crippen molar-refractivity contribution in [1.29, 1.82) is 0 Å². The SMILES string of the molecule is CN(C)C=C1CCCCCCC1=O. The normalized spacial score (nSPS) is 22.6. The van der Waals surface area contributed by atoms with Crippen molar-refractivity contribution in [2.45, 2.75) is 38.5 Å². The molecule has 74 valence electrons. The van der Waals surface area contributed by atoms with Gasteiger partial charge in [-0.1, -0.05) is 12.8 Å². The van der Waals surface area contributed by atoms with Gasteiger partial charge >= 0.3 is 0 Å². The summed E-state index contributed by atoms with van der Waals surface area (Å²) in [4.78, 5) is 13.6. The topological polar surface area (TPSA) is 20.3 Å². The number of carbonyl (C=O) groups is 1. The van der Waals surface area contributed by atoms with Crippen LogP contribution in [-0.2, 0) is 4.79 Å². The Morgan fingerprint density at radius 2 is 1.69 bits per heavy atom. The van der Waals surface area contributed by atoms with Gasteiger partial charge in [-0.15, -0.1) is 0 Å². The molecule has 0 aliphatic heterocycles. The predicted molar refractivity (Wildman–Crippen MR) is 54.5 cm³/mol. The van der Waals surface area contributed by atoms with Crippen LogP contribution < -0.4 is 0 Å². The molecule has 0 bridgehead atoms. The molecule has 2 nitrogen and oxygen atoms in total. The van der Waals surface area contributed by atoms with E-state index in [-0.39, 0.29) is 0 Å². The maximum absolute atomic E-state index is 11.6. The number of nitrogens with zero attached hydrogens (tertiary/aromatic N) is 1. The Morgan fingerprint density at radius 3 is 2.31 bits per heavy atom. The van der Waals surface area contributed by atoms with Gasteiger partial charge in [-0.2, -0.15) is 0 Å². The number of carbonyl (C=O) groups excluding carboxylic acids is 1. The molecule has 0 aromatic carbocycles. The highest BCUT2D eigenvalue weighted by atomic mass is 16.1. The van der Waals surface area contributed by atoms with E-state index in [9.17, 15) is 4.79 Å². The average Bonchev–Trinajstić information content (AvgIpc) is 2.04. The van der Waals surface area contributed by atoms with E-state index < -0.39 is 0 Å². The molecule has 0 heterocycles. The molecule has 1 rings (SSSR count). The van der Waals surface area contributed by atoms with E-state index in [1.807, 2.05) is 25.2 Å². The minimum atomic E-state index is 0.355. The monoisotopic (exact) mass is 181 g/mol. The number of Topliss-reactive ketones (excluding diaryl/α,β-unsaturated/α-hetero) is 1. The number of allylic oxidation sites excluding steroid dienone is 1. The van der Waals surface area contributed by atoms with Crippen LogP contribution in [0.1, 0.15) is 38.5 Å². The second-order valence-electron chi connectivity index (χ2n) is 3.96. The van der Waals surface area contributed by atoms with Gasteiger partial charge in [-0.3, -0.25) is 4.79 Å². The van der Waals surface area contributed by atoms with Crippen LogP contribution in [0.15, 0.2) is 11.8 Å². The Morgan fingerprint density at radius 1 is 1.08 bits per heavy atom. The zero-order valence-electron chi connectivity index (χ0n) is 8.68. The molecule has 0 aromatic rings. The molecule has 0 amide bonds. The standard InChI is InChI=1S/C11H19NO/c1-12(2)9-10-7-5-3-4-6-8-11(10)13/h9H,3-8H2,1-2H3. The fourth-order valence-corrected chi connectivity index (χ4v) is 1.70. The first-order valence-electron chi connectivity index (χ1n) is 5.10. The van der Waals surface area contributed by atoms with Gasteiger partial charge < -0.3 is 4.90 Å². The molecule has 2 heteroatoms. The third-order valence-corrected chi connectivity index (χ3v) is 2.37. The number of hydrogen-bond donors (Lipinski definition) is 0. The van der Waals surface area contributed by atoms with Crippen LogP contribution in [0, 0.1) is 0 Å². The Bertz CT molecular complexity index is 206. The molecule has 0 saturated heterocycles. The molecule has 0 N–H and O–H groups in total. The fourth-order valence-electron chi connectivity index (χ4n) is 1.70. The summed E-state index contributed by atoms with van der Waals surface area (Å²) in [5, 5.41) is 0. The van der Waals surface area contributed by atoms with Crippen molar-refractivity contribution in [3.8, 4) is 0 Å². The second kappa shape index (κ2) is 5.05. The molecule has 0 atom stereocenters. The highest BCUT2D eigenvalue weighted by Gasteiger charge is 2.11. The van der Waals surface area contributed by atoms with Gasteiger partial charge in [-0.05, 0) is 19.3 Å². The summed E-state index contributed by atoms with van der Waals surface area (Å²) in [6, 6.07) is 0. The average molecular weight is 181 g/mol. The van der Waals surface area contributed by atoms with Crippen LogP contribution in [0.4, 0.5) is 0 Å². The van der Waals surface area contributed by atoms with Gasteiger partial charge in [0.05, 0.1) is 0 Å². The Hall–Kier alpha value is -0.790. The smallest absolute Gasteiger partial charge is 0.160 e. The van der Waals surface area contributed by atoms with E-state index in [0.717, 1.165) is 24.8 Å². The summed E-state index contributed by atoms with van der Waals surface area (Å²) in [6.07, 6.45) is 8.44. The Kier molecular flexibility index (Phi) is 4.00. The number of ketones is 1. The van der Waals surface area contributed by atoms with Gasteiger partial charge in [0.2, 0.25) is 0 Å². The van der Waals surface area contributed by atoms with Crippen molar-refractivity contribution in [2.24, 2.45) is 0 Å². The largest absolute Gasteiger partial charge is 0.383 e. The van der Waals surface area contributed by atoms with Gasteiger partial charge in [0.1, 0.15) is 0 Å². The second-order valence-corrected chi connectivity index (χ2v) is 3.96. The van der Waals surface area contributed by atoms with E-state index in [2.05, 4.69) is 0 Å². The highest BCUT2D eigenvalue weighted by Crippen LogP contribution is 2.18. The summed E-state index contributed by atoms with van der Waals surface area (Å²) in [5.41, 5.74) is 1.02. The third-order valence-electron chi connectivity index (χ3n) is 2.37. The van der Waals surface area contributed by atoms with Gasteiger partial charge in [0.25, 0.3) is 0 Å². The maximum atomic E-state index is 11.6. The molecule has 1 aliphatic rings. The fraction of sp³-hybridized carbons (Fsp3) is 0.727. The summed E-state index contributed by atoms with van der Waals surface area (Å²) >= 11 is 0. The first-order valence-corrected chi connectivity index (χ1v) is 5.10. The van der Waals surface area contributed by atoms with E-state index in [1.54, 1.807) is 0 Å². The van der Waals surface area contributed by atoms with Crippen LogP contribution in [0.5, 0.6) is 0 Å². The van der Waals surface area contributed by atoms with Crippen molar-refractivity contribution in [2.75, 3.05) is 14.1 Å². The van der Waals surface area contributed by atoms with E-state index in [1.165, 1.54) is 19.3 Å². The van der Waals surface area contributed by atoms with E-state index >= 15 is 0 Å². The minimum Gasteiger partial charge on any atom is -0.383 e. The summed E-state index contributed by atoms with van der Waals surface area (Å²) in [7, 11) is 3.94. The Balaban J connectivity index is 2.61. The first kappa shape index (κ1) is 10.3. The van der Waals surface area contributed by atoms with Crippen LogP contribution in [0.25, 0.3) is 0 Å². The van der Waals surface area contributed by atoms with Crippen LogP contribution >= 0.6 is 0 Å². The lowest BCUT2D eigenvalue weighted by Gasteiger charge is -2.13. The van der Waals surface area contributed by atoms with Crippen LogP contribution in [0.2, 0.25) is 0 Å². The minimum absolute atomic E-state index is 0.355. The van der Waals surface area contributed by atoms with Gasteiger partial charge in [0, 0.05) is 32.3 Å². The van der Waals surface area contributed by atoms with Gasteiger partial charge in [0.15, 0.2) is 5.78 Å². The molecule has 0 unspecified atom stereocenters. The molecule has 1 saturated carbocycles. The molecule has 0 aromatic heterocycles. The summed E-state index contributed by atoms with van der Waals surface area (Å²) < 4.78 is 0. The molecule has 0 spiro atoms. The van der Waals surface area contributed by atoms with Crippen molar-refractivity contribution < 1.29 is 4.79 Å². The molecular formula is C11H19NO. The van der Waals surface area contributed by atoms with E-state index in [0.29, 0.717) is 5.78 Å². The lowest BCUT2D eigenvalue weighted by molar-refractivity contribution is -0.116. The van der Waals surface area contributed by atoms with Crippen LogP contribution in [0.3, 0.4) is 0 Å². The van der Waals surface area contributed by atoms with Crippen molar-refractivity contribution in [1.82, 2.24) is 4.90 Å². The zero-order valence-corrected chi connectivity index (χ0v) is 8.68. The number of hydrogen-bond acceptors (Lipinski definition) is 2. The van der Waals surface area contributed by atoms with Gasteiger partial charge in [-0.25, -0.2) is 0 Å².